The van der Waals surface area contributed by atoms with Gasteiger partial charge in [-0.15, -0.1) is 0 Å². The maximum absolute atomic E-state index is 13.9. The first-order valence-electron chi connectivity index (χ1n) is 10.9. The van der Waals surface area contributed by atoms with Crippen LogP contribution in [0.25, 0.3) is 22.0 Å². The predicted molar refractivity (Wildman–Crippen MR) is 129 cm³/mol. The molecule has 0 aliphatic carbocycles. The molecule has 3 aromatic carbocycles. The number of nitrogens with zero attached hydrogens (tertiary/aromatic N) is 3. The van der Waals surface area contributed by atoms with Gasteiger partial charge in [0.05, 0.1) is 18.3 Å². The first-order chi connectivity index (χ1) is 16.0. The third-order valence-electron chi connectivity index (χ3n) is 6.16. The summed E-state index contributed by atoms with van der Waals surface area (Å²) in [7, 11) is 3.79. The average molecular weight is 444 g/mol. The van der Waals surface area contributed by atoms with E-state index in [1.54, 1.807) is 19.4 Å². The normalized spacial score (nSPS) is 13.7. The van der Waals surface area contributed by atoms with Gasteiger partial charge >= 0.3 is 0 Å². The number of methoxy groups -OCH3 is 1. The van der Waals surface area contributed by atoms with Crippen molar-refractivity contribution in [1.82, 2.24) is 14.9 Å². The lowest BCUT2D eigenvalue weighted by atomic mass is 9.98. The summed E-state index contributed by atoms with van der Waals surface area (Å²) in [5.41, 5.74) is 12.6. The third-order valence-corrected chi connectivity index (χ3v) is 6.16. The van der Waals surface area contributed by atoms with Crippen LogP contribution in [0.1, 0.15) is 16.7 Å². The molecule has 1 aromatic heterocycles. The predicted octanol–water partition coefficient (Wildman–Crippen LogP) is 4.63. The van der Waals surface area contributed by atoms with E-state index >= 15 is 0 Å². The van der Waals surface area contributed by atoms with Gasteiger partial charge in [-0.1, -0.05) is 18.2 Å². The fraction of sp³-hybridized carbons (Fsp3) is 0.231. The van der Waals surface area contributed by atoms with Crippen LogP contribution >= 0.6 is 0 Å². The number of rotatable bonds is 5. The molecular weight excluding hydrogens is 417 g/mol. The first kappa shape index (κ1) is 21.3. The summed E-state index contributed by atoms with van der Waals surface area (Å²) >= 11 is 0. The highest BCUT2D eigenvalue weighted by Crippen LogP contribution is 2.33. The summed E-state index contributed by atoms with van der Waals surface area (Å²) in [5.74, 6) is 0.945. The fourth-order valence-corrected chi connectivity index (χ4v) is 4.36. The van der Waals surface area contributed by atoms with Crippen LogP contribution in [0, 0.1) is 5.82 Å². The lowest BCUT2D eigenvalue weighted by Gasteiger charge is -2.26. The van der Waals surface area contributed by atoms with E-state index in [0.29, 0.717) is 12.5 Å². The standard InChI is InChI=1S/C26H26FN5O/c1-32-8-7-16-11-25(33-2)24(10-20(16)15-32)31-26-29-14-19-4-3-17(9-23(19)30-26)22-12-21(27)6-5-18(22)13-28/h3-6,9-12,14H,7-8,13,15,28H2,1-2H3,(H,29,30,31). The average Bonchev–Trinajstić information content (AvgIpc) is 2.83. The van der Waals surface area contributed by atoms with E-state index in [-0.39, 0.29) is 5.82 Å². The molecule has 3 N–H and O–H groups in total. The zero-order valence-electron chi connectivity index (χ0n) is 18.7. The number of likely N-dealkylation sites (N-methyl/N-ethyl adjacent to an activating group) is 1. The highest BCUT2D eigenvalue weighted by atomic mass is 19.1. The van der Waals surface area contributed by atoms with E-state index in [1.165, 1.54) is 23.3 Å². The van der Waals surface area contributed by atoms with E-state index < -0.39 is 0 Å². The number of anilines is 2. The molecular formula is C26H26FN5O. The molecule has 1 aliphatic rings. The summed E-state index contributed by atoms with van der Waals surface area (Å²) in [6.07, 6.45) is 2.78. The van der Waals surface area contributed by atoms with Crippen LogP contribution in [0.2, 0.25) is 0 Å². The largest absolute Gasteiger partial charge is 0.495 e. The van der Waals surface area contributed by atoms with Crippen molar-refractivity contribution in [3.8, 4) is 16.9 Å². The second-order valence-corrected chi connectivity index (χ2v) is 8.41. The maximum Gasteiger partial charge on any atom is 0.227 e. The quantitative estimate of drug-likeness (QED) is 0.468. The minimum atomic E-state index is -0.294. The van der Waals surface area contributed by atoms with Crippen molar-refractivity contribution in [3.05, 3.63) is 77.2 Å². The number of hydrogen-bond acceptors (Lipinski definition) is 6. The Labute approximate surface area is 192 Å². The lowest BCUT2D eigenvalue weighted by molar-refractivity contribution is 0.312. The van der Waals surface area contributed by atoms with Gasteiger partial charge in [-0.3, -0.25) is 0 Å². The summed E-state index contributed by atoms with van der Waals surface area (Å²) in [6.45, 7) is 2.26. The Morgan fingerprint density at radius 2 is 2.00 bits per heavy atom. The number of nitrogens with two attached hydrogens (primary N) is 1. The minimum Gasteiger partial charge on any atom is -0.495 e. The molecule has 2 heterocycles. The van der Waals surface area contributed by atoms with Gasteiger partial charge in [-0.25, -0.2) is 14.4 Å². The SMILES string of the molecule is COc1cc2c(cc1Nc1ncc3ccc(-c4cc(F)ccc4CN)cc3n1)CN(C)CC2. The van der Waals surface area contributed by atoms with Crippen molar-refractivity contribution in [2.24, 2.45) is 5.73 Å². The monoisotopic (exact) mass is 443 g/mol. The van der Waals surface area contributed by atoms with Crippen molar-refractivity contribution in [3.63, 3.8) is 0 Å². The molecule has 0 saturated carbocycles. The lowest BCUT2D eigenvalue weighted by Crippen LogP contribution is -2.26. The number of ether oxygens (including phenoxy) is 1. The zero-order chi connectivity index (χ0) is 22.9. The minimum absolute atomic E-state index is 0.294. The van der Waals surface area contributed by atoms with Crippen LogP contribution in [-0.2, 0) is 19.5 Å². The van der Waals surface area contributed by atoms with Gasteiger partial charge in [0, 0.05) is 31.2 Å². The summed E-state index contributed by atoms with van der Waals surface area (Å²) in [5, 5.41) is 4.22. The number of hydrogen-bond donors (Lipinski definition) is 2. The molecule has 1 aliphatic heterocycles. The summed E-state index contributed by atoms with van der Waals surface area (Å²) in [4.78, 5) is 11.5. The highest BCUT2D eigenvalue weighted by Gasteiger charge is 2.17. The molecule has 0 spiro atoms. The highest BCUT2D eigenvalue weighted by molar-refractivity contribution is 5.85. The van der Waals surface area contributed by atoms with Crippen LogP contribution in [0.5, 0.6) is 5.75 Å². The van der Waals surface area contributed by atoms with Crippen molar-refractivity contribution in [2.45, 2.75) is 19.5 Å². The molecule has 0 amide bonds. The molecule has 4 aromatic rings. The van der Waals surface area contributed by atoms with E-state index in [1.807, 2.05) is 18.2 Å². The van der Waals surface area contributed by atoms with Gasteiger partial charge in [0.25, 0.3) is 0 Å². The van der Waals surface area contributed by atoms with Crippen LogP contribution in [0.3, 0.4) is 0 Å². The van der Waals surface area contributed by atoms with E-state index in [4.69, 9.17) is 15.5 Å². The second kappa shape index (κ2) is 8.77. The third kappa shape index (κ3) is 4.25. The number of fused-ring (bicyclic) bond motifs is 2. The Morgan fingerprint density at radius 1 is 1.12 bits per heavy atom. The summed E-state index contributed by atoms with van der Waals surface area (Å²) < 4.78 is 19.5. The van der Waals surface area contributed by atoms with Gasteiger partial charge in [0.15, 0.2) is 0 Å². The summed E-state index contributed by atoms with van der Waals surface area (Å²) in [6, 6.07) is 14.7. The fourth-order valence-electron chi connectivity index (χ4n) is 4.36. The van der Waals surface area contributed by atoms with Crippen LogP contribution < -0.4 is 15.8 Å². The molecule has 33 heavy (non-hydrogen) atoms. The van der Waals surface area contributed by atoms with Crippen molar-refractivity contribution in [1.29, 1.82) is 0 Å². The molecule has 0 fully saturated rings. The van der Waals surface area contributed by atoms with Crippen LogP contribution in [0.15, 0.2) is 54.7 Å². The first-order valence-corrected chi connectivity index (χ1v) is 10.9. The Bertz CT molecular complexity index is 1340. The van der Waals surface area contributed by atoms with Gasteiger partial charge < -0.3 is 20.7 Å². The molecule has 0 unspecified atom stereocenters. The van der Waals surface area contributed by atoms with Crippen molar-refractivity contribution < 1.29 is 9.13 Å². The van der Waals surface area contributed by atoms with Gasteiger partial charge in [-0.05, 0) is 71.6 Å². The van der Waals surface area contributed by atoms with Crippen molar-refractivity contribution in [2.75, 3.05) is 26.0 Å². The number of halogens is 1. The van der Waals surface area contributed by atoms with Crippen LogP contribution in [-0.4, -0.2) is 35.6 Å². The molecule has 0 saturated heterocycles. The zero-order valence-corrected chi connectivity index (χ0v) is 18.7. The molecule has 6 nitrogen and oxygen atoms in total. The molecule has 168 valence electrons. The van der Waals surface area contributed by atoms with Gasteiger partial charge in [0.1, 0.15) is 11.6 Å². The Balaban J connectivity index is 1.51. The number of benzene rings is 3. The van der Waals surface area contributed by atoms with E-state index in [2.05, 4.69) is 34.4 Å². The van der Waals surface area contributed by atoms with E-state index in [0.717, 1.165) is 58.5 Å². The van der Waals surface area contributed by atoms with Crippen LogP contribution in [0.4, 0.5) is 16.0 Å². The smallest absolute Gasteiger partial charge is 0.227 e. The molecule has 0 bridgehead atoms. The molecule has 0 atom stereocenters. The second-order valence-electron chi connectivity index (χ2n) is 8.41. The number of aromatic nitrogens is 2. The number of nitrogens with one attached hydrogen (secondary N) is 1. The molecule has 0 radical (unpaired) electrons. The maximum atomic E-state index is 13.9. The van der Waals surface area contributed by atoms with E-state index in [9.17, 15) is 4.39 Å². The Hall–Kier alpha value is -3.55. The molecule has 7 heteroatoms. The topological polar surface area (TPSA) is 76.3 Å². The van der Waals surface area contributed by atoms with Crippen molar-refractivity contribution >= 4 is 22.5 Å². The molecule has 5 rings (SSSR count). The Morgan fingerprint density at radius 3 is 2.82 bits per heavy atom. The Kier molecular flexibility index (Phi) is 5.66. The van der Waals surface area contributed by atoms with Gasteiger partial charge in [-0.2, -0.15) is 0 Å². The van der Waals surface area contributed by atoms with Gasteiger partial charge in [0.2, 0.25) is 5.95 Å².